The second kappa shape index (κ2) is 7.79. The second-order valence-corrected chi connectivity index (χ2v) is 5.35. The third-order valence-corrected chi connectivity index (χ3v) is 3.52. The second-order valence-electron chi connectivity index (χ2n) is 5.35. The van der Waals surface area contributed by atoms with E-state index in [4.69, 9.17) is 9.47 Å². The van der Waals surface area contributed by atoms with Gasteiger partial charge in [-0.15, -0.1) is 0 Å². The molecule has 1 aromatic rings. The Morgan fingerprint density at radius 3 is 2.86 bits per heavy atom. The summed E-state index contributed by atoms with van der Waals surface area (Å²) < 4.78 is 11.3. The highest BCUT2D eigenvalue weighted by molar-refractivity contribution is 5.82. The summed E-state index contributed by atoms with van der Waals surface area (Å²) in [5.41, 5.74) is 0.752. The Kier molecular flexibility index (Phi) is 5.77. The highest BCUT2D eigenvalue weighted by atomic mass is 16.5. The molecule has 0 spiro atoms. The summed E-state index contributed by atoms with van der Waals surface area (Å²) >= 11 is 0. The largest absolute Gasteiger partial charge is 0.491 e. The molecule has 1 saturated heterocycles. The van der Waals surface area contributed by atoms with E-state index < -0.39 is 12.0 Å². The molecule has 0 saturated carbocycles. The molecule has 2 atom stereocenters. The van der Waals surface area contributed by atoms with Gasteiger partial charge in [0.15, 0.2) is 0 Å². The summed E-state index contributed by atoms with van der Waals surface area (Å²) in [5, 5.41) is 11.6. The molecule has 2 N–H and O–H groups in total. The summed E-state index contributed by atoms with van der Waals surface area (Å²) in [6.45, 7) is 2.52. The van der Waals surface area contributed by atoms with Crippen LogP contribution in [0.25, 0.3) is 0 Å². The molecule has 1 heterocycles. The maximum absolute atomic E-state index is 11.2. The molecule has 22 heavy (non-hydrogen) atoms. The topological polar surface area (TPSA) is 84.9 Å². The Balaban J connectivity index is 2.02. The van der Waals surface area contributed by atoms with Crippen molar-refractivity contribution in [1.29, 1.82) is 0 Å². The molecule has 1 aliphatic heterocycles. The van der Waals surface area contributed by atoms with Crippen molar-refractivity contribution in [1.82, 2.24) is 5.32 Å². The lowest BCUT2D eigenvalue weighted by molar-refractivity contribution is -0.141. The van der Waals surface area contributed by atoms with Crippen molar-refractivity contribution in [2.24, 2.45) is 0 Å². The van der Waals surface area contributed by atoms with Gasteiger partial charge in [0.05, 0.1) is 6.10 Å². The molecule has 1 amide bonds. The monoisotopic (exact) mass is 307 g/mol. The normalized spacial score (nSPS) is 18.7. The van der Waals surface area contributed by atoms with E-state index in [1.807, 2.05) is 18.2 Å². The molecule has 6 heteroatoms. The number of aliphatic carboxylic acids is 1. The van der Waals surface area contributed by atoms with Gasteiger partial charge in [0.1, 0.15) is 18.4 Å². The molecule has 120 valence electrons. The summed E-state index contributed by atoms with van der Waals surface area (Å²) in [7, 11) is 0. The van der Waals surface area contributed by atoms with Crippen molar-refractivity contribution < 1.29 is 24.2 Å². The lowest BCUT2D eigenvalue weighted by Crippen LogP contribution is -2.41. The van der Waals surface area contributed by atoms with Gasteiger partial charge in [0.2, 0.25) is 5.91 Å². The number of carboxylic acids is 1. The van der Waals surface area contributed by atoms with Crippen LogP contribution in [0.1, 0.15) is 25.3 Å². The lowest BCUT2D eigenvalue weighted by Gasteiger charge is -2.17. The number of benzene rings is 1. The zero-order valence-corrected chi connectivity index (χ0v) is 12.6. The van der Waals surface area contributed by atoms with Crippen LogP contribution in [0.4, 0.5) is 0 Å². The molecule has 2 rings (SSSR count). The van der Waals surface area contributed by atoms with Crippen molar-refractivity contribution in [2.75, 3.05) is 13.2 Å². The van der Waals surface area contributed by atoms with Crippen molar-refractivity contribution in [2.45, 2.75) is 38.3 Å². The fourth-order valence-electron chi connectivity index (χ4n) is 2.44. The van der Waals surface area contributed by atoms with Crippen molar-refractivity contribution in [3.63, 3.8) is 0 Å². The Labute approximate surface area is 129 Å². The number of hydrogen-bond donors (Lipinski definition) is 2. The van der Waals surface area contributed by atoms with Gasteiger partial charge in [0.25, 0.3) is 0 Å². The smallest absolute Gasteiger partial charge is 0.326 e. The third kappa shape index (κ3) is 4.73. The fraction of sp³-hybridized carbons (Fsp3) is 0.500. The first-order valence-corrected chi connectivity index (χ1v) is 7.38. The molecule has 0 bridgehead atoms. The Morgan fingerprint density at radius 2 is 2.23 bits per heavy atom. The molecule has 0 aromatic heterocycles. The first kappa shape index (κ1) is 16.3. The molecular formula is C16H21NO5. The SMILES string of the molecule is CC(=O)NC(Cc1ccccc1OCC1CCCO1)C(=O)O. The van der Waals surface area contributed by atoms with Gasteiger partial charge in [0, 0.05) is 20.0 Å². The number of carbonyl (C=O) groups is 2. The van der Waals surface area contributed by atoms with Crippen LogP contribution in [-0.2, 0) is 20.7 Å². The maximum atomic E-state index is 11.2. The molecule has 1 aromatic carbocycles. The van der Waals surface area contributed by atoms with Crippen LogP contribution in [0.15, 0.2) is 24.3 Å². The van der Waals surface area contributed by atoms with E-state index in [9.17, 15) is 14.7 Å². The predicted octanol–water partition coefficient (Wildman–Crippen LogP) is 1.38. The number of carbonyl (C=O) groups excluding carboxylic acids is 1. The number of rotatable bonds is 7. The van der Waals surface area contributed by atoms with Gasteiger partial charge in [-0.05, 0) is 24.5 Å². The van der Waals surface area contributed by atoms with Gasteiger partial charge >= 0.3 is 5.97 Å². The molecule has 1 aliphatic rings. The minimum atomic E-state index is -1.07. The summed E-state index contributed by atoms with van der Waals surface area (Å²) in [6, 6.07) is 6.30. The van der Waals surface area contributed by atoms with Crippen molar-refractivity contribution in [3.8, 4) is 5.75 Å². The average molecular weight is 307 g/mol. The summed E-state index contributed by atoms with van der Waals surface area (Å²) in [6.07, 6.45) is 2.29. The number of para-hydroxylation sites is 1. The Hall–Kier alpha value is -2.08. The minimum Gasteiger partial charge on any atom is -0.491 e. The molecule has 1 fully saturated rings. The molecule has 6 nitrogen and oxygen atoms in total. The third-order valence-electron chi connectivity index (χ3n) is 3.52. The molecule has 0 aliphatic carbocycles. The van der Waals surface area contributed by atoms with Crippen LogP contribution >= 0.6 is 0 Å². The van der Waals surface area contributed by atoms with Crippen LogP contribution in [0.3, 0.4) is 0 Å². The summed E-state index contributed by atoms with van der Waals surface area (Å²) in [5.74, 6) is -0.802. The van der Waals surface area contributed by atoms with E-state index in [1.54, 1.807) is 6.07 Å². The highest BCUT2D eigenvalue weighted by Gasteiger charge is 2.21. The molecule has 0 radical (unpaired) electrons. The van der Waals surface area contributed by atoms with Crippen LogP contribution in [0, 0.1) is 0 Å². The predicted molar refractivity (Wildman–Crippen MR) is 79.9 cm³/mol. The van der Waals surface area contributed by atoms with Gasteiger partial charge in [-0.1, -0.05) is 18.2 Å². The first-order valence-electron chi connectivity index (χ1n) is 7.38. The van der Waals surface area contributed by atoms with E-state index in [0.717, 1.165) is 25.0 Å². The van der Waals surface area contributed by atoms with Crippen molar-refractivity contribution in [3.05, 3.63) is 29.8 Å². The van der Waals surface area contributed by atoms with Gasteiger partial charge in [-0.25, -0.2) is 4.79 Å². The van der Waals surface area contributed by atoms with Gasteiger partial charge in [-0.2, -0.15) is 0 Å². The zero-order valence-electron chi connectivity index (χ0n) is 12.6. The Morgan fingerprint density at radius 1 is 1.45 bits per heavy atom. The fourth-order valence-corrected chi connectivity index (χ4v) is 2.44. The number of nitrogens with one attached hydrogen (secondary N) is 1. The number of hydrogen-bond acceptors (Lipinski definition) is 4. The quantitative estimate of drug-likeness (QED) is 0.795. The van der Waals surface area contributed by atoms with Crippen molar-refractivity contribution >= 4 is 11.9 Å². The van der Waals surface area contributed by atoms with E-state index in [-0.39, 0.29) is 18.4 Å². The van der Waals surface area contributed by atoms with Crippen LogP contribution in [0.2, 0.25) is 0 Å². The number of carboxylic acid groups (broad SMARTS) is 1. The van der Waals surface area contributed by atoms with E-state index in [0.29, 0.717) is 12.4 Å². The standard InChI is InChI=1S/C16H21NO5/c1-11(18)17-14(16(19)20)9-12-5-2-3-7-15(12)22-10-13-6-4-8-21-13/h2-3,5,7,13-14H,4,6,8-10H2,1H3,(H,17,18)(H,19,20). The first-order chi connectivity index (χ1) is 10.6. The van der Waals surface area contributed by atoms with Gasteiger partial charge < -0.3 is 19.9 Å². The van der Waals surface area contributed by atoms with Crippen LogP contribution < -0.4 is 10.1 Å². The van der Waals surface area contributed by atoms with Crippen LogP contribution in [-0.4, -0.2) is 42.3 Å². The van der Waals surface area contributed by atoms with E-state index >= 15 is 0 Å². The maximum Gasteiger partial charge on any atom is 0.326 e. The summed E-state index contributed by atoms with van der Waals surface area (Å²) in [4.78, 5) is 22.4. The van der Waals surface area contributed by atoms with E-state index in [1.165, 1.54) is 6.92 Å². The van der Waals surface area contributed by atoms with E-state index in [2.05, 4.69) is 5.32 Å². The molecular weight excluding hydrogens is 286 g/mol. The number of ether oxygens (including phenoxy) is 2. The average Bonchev–Trinajstić information content (AvgIpc) is 2.98. The number of amides is 1. The molecule has 2 unspecified atom stereocenters. The van der Waals surface area contributed by atoms with Crippen LogP contribution in [0.5, 0.6) is 5.75 Å². The lowest BCUT2D eigenvalue weighted by atomic mass is 10.0. The highest BCUT2D eigenvalue weighted by Crippen LogP contribution is 2.21. The zero-order chi connectivity index (χ0) is 15.9. The minimum absolute atomic E-state index is 0.0960. The Bertz CT molecular complexity index is 525. The van der Waals surface area contributed by atoms with Gasteiger partial charge in [-0.3, -0.25) is 4.79 Å².